The molecule has 0 aliphatic carbocycles. The molecule has 2 unspecified atom stereocenters. The Labute approximate surface area is 114 Å². The van der Waals surface area contributed by atoms with Crippen LogP contribution in [-0.4, -0.2) is 36.1 Å². The van der Waals surface area contributed by atoms with Gasteiger partial charge >= 0.3 is 0 Å². The van der Waals surface area contributed by atoms with Gasteiger partial charge < -0.3 is 10.1 Å². The van der Waals surface area contributed by atoms with Crippen molar-refractivity contribution in [3.63, 3.8) is 0 Å². The fourth-order valence-corrected chi connectivity index (χ4v) is 2.85. The summed E-state index contributed by atoms with van der Waals surface area (Å²) in [6.45, 7) is 3.76. The summed E-state index contributed by atoms with van der Waals surface area (Å²) in [5, 5.41) is 8.55. The maximum Gasteiger partial charge on any atom is 0.0847 e. The Hall–Kier alpha value is -0.580. The number of aromatic nitrogens is 2. The molecule has 0 bridgehead atoms. The number of halogens is 1. The molecule has 2 heterocycles. The lowest BCUT2D eigenvalue weighted by molar-refractivity contribution is 0.181. The number of rotatable bonds is 5. The average molecular weight is 272 g/mol. The Balaban J connectivity index is 2.00. The summed E-state index contributed by atoms with van der Waals surface area (Å²) in [5.41, 5.74) is 2.03. The Morgan fingerprint density at radius 2 is 2.39 bits per heavy atom. The third kappa shape index (κ3) is 3.05. The first-order valence-electron chi connectivity index (χ1n) is 6.54. The summed E-state index contributed by atoms with van der Waals surface area (Å²) in [6, 6.07) is 0.434. The van der Waals surface area contributed by atoms with Crippen molar-refractivity contribution in [3.05, 3.63) is 16.4 Å². The summed E-state index contributed by atoms with van der Waals surface area (Å²) in [6.07, 6.45) is 3.23. The number of ether oxygens (including phenoxy) is 1. The molecule has 0 radical (unpaired) electrons. The molecule has 0 spiro atoms. The molecule has 0 aromatic carbocycles. The first-order valence-corrected chi connectivity index (χ1v) is 6.92. The molecule has 4 nitrogen and oxygen atoms in total. The number of hydrogen-bond acceptors (Lipinski definition) is 3. The van der Waals surface area contributed by atoms with Crippen molar-refractivity contribution in [2.24, 2.45) is 13.0 Å². The van der Waals surface area contributed by atoms with E-state index in [1.165, 1.54) is 6.42 Å². The Morgan fingerprint density at radius 1 is 1.61 bits per heavy atom. The zero-order valence-corrected chi connectivity index (χ0v) is 12.1. The van der Waals surface area contributed by atoms with Gasteiger partial charge in [0.05, 0.1) is 16.4 Å². The van der Waals surface area contributed by atoms with E-state index in [1.54, 1.807) is 0 Å². The Kier molecular flexibility index (Phi) is 4.65. The fraction of sp³-hybridized carbons (Fsp3) is 0.769. The maximum atomic E-state index is 6.30. The fourth-order valence-electron chi connectivity index (χ4n) is 2.61. The molecular formula is C13H22ClN3O. The third-order valence-corrected chi connectivity index (χ3v) is 4.24. The molecule has 5 heteroatoms. The van der Waals surface area contributed by atoms with Gasteiger partial charge in [-0.1, -0.05) is 11.6 Å². The van der Waals surface area contributed by atoms with Gasteiger partial charge in [0.25, 0.3) is 0 Å². The van der Waals surface area contributed by atoms with Crippen LogP contribution in [0.15, 0.2) is 0 Å². The highest BCUT2D eigenvalue weighted by Crippen LogP contribution is 2.24. The molecule has 1 aliphatic rings. The van der Waals surface area contributed by atoms with Crippen LogP contribution in [0.25, 0.3) is 0 Å². The van der Waals surface area contributed by atoms with Crippen LogP contribution in [0, 0.1) is 12.8 Å². The van der Waals surface area contributed by atoms with Crippen molar-refractivity contribution in [1.29, 1.82) is 0 Å². The van der Waals surface area contributed by atoms with E-state index >= 15 is 0 Å². The van der Waals surface area contributed by atoms with Crippen molar-refractivity contribution in [2.45, 2.75) is 32.2 Å². The SMILES string of the molecule is CNC(Cc1c(Cl)c(C)nn1C)CC1CCOC1. The topological polar surface area (TPSA) is 39.1 Å². The van der Waals surface area contributed by atoms with Crippen LogP contribution in [0.2, 0.25) is 5.02 Å². The number of hydrogen-bond donors (Lipinski definition) is 1. The normalized spacial score (nSPS) is 21.4. The lowest BCUT2D eigenvalue weighted by Crippen LogP contribution is -2.31. The lowest BCUT2D eigenvalue weighted by atomic mass is 9.96. The van der Waals surface area contributed by atoms with Crippen LogP contribution in [0.1, 0.15) is 24.2 Å². The second-order valence-corrected chi connectivity index (χ2v) is 5.50. The number of nitrogens with one attached hydrogen (secondary N) is 1. The van der Waals surface area contributed by atoms with Crippen LogP contribution in [-0.2, 0) is 18.2 Å². The molecule has 1 aromatic rings. The van der Waals surface area contributed by atoms with Gasteiger partial charge in [-0.2, -0.15) is 5.10 Å². The molecule has 1 aromatic heterocycles. The smallest absolute Gasteiger partial charge is 0.0847 e. The van der Waals surface area contributed by atoms with E-state index in [-0.39, 0.29) is 0 Å². The number of nitrogens with zero attached hydrogens (tertiary/aromatic N) is 2. The minimum Gasteiger partial charge on any atom is -0.381 e. The first-order chi connectivity index (χ1) is 8.61. The van der Waals surface area contributed by atoms with Crippen LogP contribution < -0.4 is 5.32 Å². The molecule has 1 saturated heterocycles. The van der Waals surface area contributed by atoms with E-state index in [2.05, 4.69) is 10.4 Å². The molecule has 1 N–H and O–H groups in total. The van der Waals surface area contributed by atoms with Crippen molar-refractivity contribution >= 4 is 11.6 Å². The monoisotopic (exact) mass is 271 g/mol. The zero-order valence-electron chi connectivity index (χ0n) is 11.4. The van der Waals surface area contributed by atoms with Crippen LogP contribution in [0.3, 0.4) is 0 Å². The van der Waals surface area contributed by atoms with Gasteiger partial charge in [0.15, 0.2) is 0 Å². The molecule has 1 fully saturated rings. The second kappa shape index (κ2) is 6.04. The van der Waals surface area contributed by atoms with Crippen LogP contribution >= 0.6 is 11.6 Å². The van der Waals surface area contributed by atoms with Crippen molar-refractivity contribution in [3.8, 4) is 0 Å². The largest absolute Gasteiger partial charge is 0.381 e. The van der Waals surface area contributed by atoms with Crippen molar-refractivity contribution in [2.75, 3.05) is 20.3 Å². The molecule has 0 saturated carbocycles. The standard InChI is InChI=1S/C13H22ClN3O/c1-9-13(14)12(17(3)16-9)7-11(15-2)6-10-4-5-18-8-10/h10-11,15H,4-8H2,1-3H3. The minimum absolute atomic E-state index is 0.434. The summed E-state index contributed by atoms with van der Waals surface area (Å²) in [4.78, 5) is 0. The maximum absolute atomic E-state index is 6.30. The third-order valence-electron chi connectivity index (χ3n) is 3.75. The predicted molar refractivity (Wildman–Crippen MR) is 73.0 cm³/mol. The molecular weight excluding hydrogens is 250 g/mol. The highest BCUT2D eigenvalue weighted by molar-refractivity contribution is 6.31. The van der Waals surface area contributed by atoms with Gasteiger partial charge in [0.1, 0.15) is 0 Å². The molecule has 0 amide bonds. The summed E-state index contributed by atoms with van der Waals surface area (Å²) >= 11 is 6.30. The molecule has 2 atom stereocenters. The van der Waals surface area contributed by atoms with Crippen LogP contribution in [0.4, 0.5) is 0 Å². The highest BCUT2D eigenvalue weighted by Gasteiger charge is 2.22. The van der Waals surface area contributed by atoms with E-state index in [0.717, 1.165) is 42.5 Å². The number of likely N-dealkylation sites (N-methyl/N-ethyl adjacent to an activating group) is 1. The molecule has 18 heavy (non-hydrogen) atoms. The summed E-state index contributed by atoms with van der Waals surface area (Å²) < 4.78 is 7.33. The van der Waals surface area contributed by atoms with Gasteiger partial charge in [0.2, 0.25) is 0 Å². The van der Waals surface area contributed by atoms with E-state index in [9.17, 15) is 0 Å². The first kappa shape index (κ1) is 13.8. The predicted octanol–water partition coefficient (Wildman–Crippen LogP) is 1.94. The molecule has 2 rings (SSSR count). The van der Waals surface area contributed by atoms with Gasteiger partial charge in [-0.3, -0.25) is 4.68 Å². The van der Waals surface area contributed by atoms with E-state index in [0.29, 0.717) is 12.0 Å². The minimum atomic E-state index is 0.434. The van der Waals surface area contributed by atoms with Gasteiger partial charge in [-0.25, -0.2) is 0 Å². The summed E-state index contributed by atoms with van der Waals surface area (Å²) in [7, 11) is 3.97. The van der Waals surface area contributed by atoms with E-state index in [4.69, 9.17) is 16.3 Å². The highest BCUT2D eigenvalue weighted by atomic mass is 35.5. The molecule has 1 aliphatic heterocycles. The Morgan fingerprint density at radius 3 is 2.89 bits per heavy atom. The van der Waals surface area contributed by atoms with Gasteiger partial charge in [-0.15, -0.1) is 0 Å². The number of aryl methyl sites for hydroxylation is 2. The quantitative estimate of drug-likeness (QED) is 0.890. The lowest BCUT2D eigenvalue weighted by Gasteiger charge is -2.19. The Bertz CT molecular complexity index is 399. The van der Waals surface area contributed by atoms with Crippen molar-refractivity contribution < 1.29 is 4.74 Å². The van der Waals surface area contributed by atoms with E-state index in [1.807, 2.05) is 25.7 Å². The average Bonchev–Trinajstić information content (AvgIpc) is 2.92. The zero-order chi connectivity index (χ0) is 13.1. The second-order valence-electron chi connectivity index (χ2n) is 5.12. The molecule has 102 valence electrons. The van der Waals surface area contributed by atoms with Gasteiger partial charge in [-0.05, 0) is 32.7 Å². The van der Waals surface area contributed by atoms with Crippen molar-refractivity contribution in [1.82, 2.24) is 15.1 Å². The van der Waals surface area contributed by atoms with E-state index < -0.39 is 0 Å². The van der Waals surface area contributed by atoms with Crippen LogP contribution in [0.5, 0.6) is 0 Å². The van der Waals surface area contributed by atoms with Gasteiger partial charge in [0, 0.05) is 32.7 Å². The summed E-state index contributed by atoms with van der Waals surface area (Å²) in [5.74, 6) is 0.676.